The first-order valence-corrected chi connectivity index (χ1v) is 16.0. The molecule has 1 aromatic carbocycles. The van der Waals surface area contributed by atoms with Gasteiger partial charge in [-0.05, 0) is 87.0 Å². The van der Waals surface area contributed by atoms with Crippen LogP contribution in [-0.2, 0) is 10.0 Å². The van der Waals surface area contributed by atoms with Crippen molar-refractivity contribution in [2.75, 3.05) is 30.3 Å². The topological polar surface area (TPSA) is 95.9 Å². The molecule has 1 aromatic rings. The van der Waals surface area contributed by atoms with Crippen molar-refractivity contribution in [3.8, 4) is 5.75 Å². The summed E-state index contributed by atoms with van der Waals surface area (Å²) in [6.45, 7) is 4.21. The zero-order valence-corrected chi connectivity index (χ0v) is 23.6. The second-order valence-corrected chi connectivity index (χ2v) is 14.0. The van der Waals surface area contributed by atoms with Gasteiger partial charge in [-0.25, -0.2) is 13.1 Å². The van der Waals surface area contributed by atoms with Crippen molar-refractivity contribution in [2.45, 2.75) is 64.4 Å². The number of carbonyl (C=O) groups excluding carboxylic acids is 1. The van der Waals surface area contributed by atoms with Crippen LogP contribution in [0.3, 0.4) is 0 Å². The Morgan fingerprint density at radius 2 is 1.95 bits per heavy atom. The second kappa shape index (κ2) is 11.2. The summed E-state index contributed by atoms with van der Waals surface area (Å²) in [5.41, 5.74) is 0.889. The molecule has 2 aliphatic carbocycles. The molecule has 208 valence electrons. The van der Waals surface area contributed by atoms with E-state index in [0.29, 0.717) is 43.1 Å². The smallest absolute Gasteiger partial charge is 0.264 e. The number of hydrogen-bond acceptors (Lipinski definition) is 6. The van der Waals surface area contributed by atoms with Gasteiger partial charge in [-0.1, -0.05) is 37.1 Å². The molecule has 1 saturated carbocycles. The molecule has 38 heavy (non-hydrogen) atoms. The minimum atomic E-state index is -3.77. The molecule has 2 heterocycles. The lowest BCUT2D eigenvalue weighted by Gasteiger charge is -2.43. The van der Waals surface area contributed by atoms with Crippen molar-refractivity contribution in [1.29, 1.82) is 0 Å². The third-order valence-corrected chi connectivity index (χ3v) is 10.5. The molecule has 0 spiro atoms. The molecule has 9 heteroatoms. The Balaban J connectivity index is 1.51. The molecular formula is C29H39ClN2O5S. The summed E-state index contributed by atoms with van der Waals surface area (Å²) in [4.78, 5) is 15.3. The minimum absolute atomic E-state index is 0.133. The van der Waals surface area contributed by atoms with Gasteiger partial charge in [0.2, 0.25) is 10.0 Å². The Kier molecular flexibility index (Phi) is 8.13. The molecule has 5 rings (SSSR count). The standard InChI is InChI=1S/C29H39ClN2O5S/c1-29-13-12-23(30)17-22(29)6-2-4-14-32-18-21-8-10-24(21)26(33)7-3-5-15-38(35,36)31-28(34)20-9-11-27(37-19-29)25(32)16-20/h9,11-13,16-17,21-22,24,26,33H,2-8,10,14-15,18-19H2,1H3,(H,31,34)/t21-,22?,24+,26+,29?/m0/s1. The number of nitrogens with zero attached hydrogens (tertiary/aromatic N) is 1. The highest BCUT2D eigenvalue weighted by molar-refractivity contribution is 7.90. The van der Waals surface area contributed by atoms with Gasteiger partial charge in [0.25, 0.3) is 5.91 Å². The van der Waals surface area contributed by atoms with Crippen molar-refractivity contribution in [1.82, 2.24) is 4.72 Å². The highest BCUT2D eigenvalue weighted by atomic mass is 35.5. The SMILES string of the molecule is CC12C=CC(Cl)=CC1CCCCN1C[C@@H]3CC[C@H]3[C@H](O)CCCCS(=O)(=O)NC(=O)c3ccc(c1c3)OC2. The number of anilines is 1. The Hall–Kier alpha value is -2.03. The number of halogens is 1. The summed E-state index contributed by atoms with van der Waals surface area (Å²) in [6.07, 6.45) is 12.4. The molecule has 5 atom stereocenters. The molecule has 2 aliphatic heterocycles. The van der Waals surface area contributed by atoms with Gasteiger partial charge in [0.05, 0.1) is 24.2 Å². The van der Waals surface area contributed by atoms with E-state index in [9.17, 15) is 18.3 Å². The summed E-state index contributed by atoms with van der Waals surface area (Å²) < 4.78 is 33.9. The number of rotatable bonds is 0. The van der Waals surface area contributed by atoms with Crippen molar-refractivity contribution in [3.05, 3.63) is 47.0 Å². The van der Waals surface area contributed by atoms with Crippen LogP contribution in [0.1, 0.15) is 68.6 Å². The van der Waals surface area contributed by atoms with Gasteiger partial charge in [-0.15, -0.1) is 0 Å². The van der Waals surface area contributed by atoms with E-state index in [2.05, 4.69) is 28.7 Å². The van der Waals surface area contributed by atoms with Crippen LogP contribution in [0.15, 0.2) is 41.5 Å². The average Bonchev–Trinajstić information content (AvgIpc) is 2.87. The summed E-state index contributed by atoms with van der Waals surface area (Å²) in [5.74, 6) is 0.745. The fraction of sp³-hybridized carbons (Fsp3) is 0.621. The molecule has 4 aliphatic rings. The van der Waals surface area contributed by atoms with Gasteiger partial charge in [0.15, 0.2) is 0 Å². The van der Waals surface area contributed by atoms with Crippen LogP contribution in [0.25, 0.3) is 0 Å². The molecule has 7 nitrogen and oxygen atoms in total. The first kappa shape index (κ1) is 27.5. The predicted molar refractivity (Wildman–Crippen MR) is 150 cm³/mol. The van der Waals surface area contributed by atoms with Gasteiger partial charge in [0, 0.05) is 29.1 Å². The summed E-state index contributed by atoms with van der Waals surface area (Å²) in [5, 5.41) is 11.7. The van der Waals surface area contributed by atoms with E-state index in [1.54, 1.807) is 18.2 Å². The summed E-state index contributed by atoms with van der Waals surface area (Å²) >= 11 is 6.36. The van der Waals surface area contributed by atoms with Crippen molar-refractivity contribution in [2.24, 2.45) is 23.2 Å². The molecule has 2 N–H and O–H groups in total. The van der Waals surface area contributed by atoms with Crippen LogP contribution in [-0.4, -0.2) is 51.0 Å². The molecular weight excluding hydrogens is 524 g/mol. The lowest BCUT2D eigenvalue weighted by Crippen LogP contribution is -2.43. The number of ether oxygens (including phenoxy) is 1. The number of sulfonamides is 1. The Labute approximate surface area is 231 Å². The minimum Gasteiger partial charge on any atom is -0.490 e. The molecule has 0 saturated heterocycles. The maximum atomic E-state index is 13.0. The third-order valence-electron chi connectivity index (χ3n) is 8.96. The van der Waals surface area contributed by atoms with Gasteiger partial charge in [-0.3, -0.25) is 4.79 Å². The molecule has 2 bridgehead atoms. The third kappa shape index (κ3) is 6.07. The molecule has 2 unspecified atom stereocenters. The number of nitrogens with one attached hydrogen (secondary N) is 1. The van der Waals surface area contributed by atoms with Crippen molar-refractivity contribution < 1.29 is 23.1 Å². The first-order valence-electron chi connectivity index (χ1n) is 13.9. The lowest BCUT2D eigenvalue weighted by molar-refractivity contribution is 0.00963. The maximum Gasteiger partial charge on any atom is 0.264 e. The lowest BCUT2D eigenvalue weighted by atomic mass is 9.69. The first-order chi connectivity index (χ1) is 18.1. The van der Waals surface area contributed by atoms with E-state index in [-0.39, 0.29) is 23.0 Å². The van der Waals surface area contributed by atoms with Crippen LogP contribution < -0.4 is 14.4 Å². The number of benzene rings is 1. The fourth-order valence-electron chi connectivity index (χ4n) is 6.36. The molecule has 1 fully saturated rings. The molecule has 1 amide bonds. The van der Waals surface area contributed by atoms with Gasteiger partial charge in [-0.2, -0.15) is 0 Å². The van der Waals surface area contributed by atoms with Crippen molar-refractivity contribution >= 4 is 33.2 Å². The summed E-state index contributed by atoms with van der Waals surface area (Å²) in [7, 11) is -3.77. The highest BCUT2D eigenvalue weighted by Crippen LogP contribution is 2.44. The number of aliphatic hydroxyl groups excluding tert-OH is 1. The van der Waals surface area contributed by atoms with Gasteiger partial charge in [0.1, 0.15) is 5.75 Å². The number of aliphatic hydroxyl groups is 1. The largest absolute Gasteiger partial charge is 0.490 e. The van der Waals surface area contributed by atoms with Crippen LogP contribution >= 0.6 is 11.6 Å². The fourth-order valence-corrected chi connectivity index (χ4v) is 7.66. The zero-order valence-electron chi connectivity index (χ0n) is 22.1. The molecule has 0 radical (unpaired) electrons. The van der Waals surface area contributed by atoms with E-state index in [1.807, 2.05) is 6.08 Å². The monoisotopic (exact) mass is 562 g/mol. The average molecular weight is 563 g/mol. The van der Waals surface area contributed by atoms with Crippen molar-refractivity contribution in [3.63, 3.8) is 0 Å². The Morgan fingerprint density at radius 3 is 2.74 bits per heavy atom. The van der Waals surface area contributed by atoms with Gasteiger partial charge >= 0.3 is 0 Å². The number of hydrogen-bond donors (Lipinski definition) is 2. The van der Waals surface area contributed by atoms with E-state index in [0.717, 1.165) is 55.9 Å². The molecule has 0 aromatic heterocycles. The van der Waals surface area contributed by atoms with E-state index < -0.39 is 22.0 Å². The second-order valence-electron chi connectivity index (χ2n) is 11.7. The maximum absolute atomic E-state index is 13.0. The van der Waals surface area contributed by atoms with Gasteiger partial charge < -0.3 is 14.7 Å². The zero-order chi connectivity index (χ0) is 26.9. The summed E-state index contributed by atoms with van der Waals surface area (Å²) in [6, 6.07) is 5.21. The van der Waals surface area contributed by atoms with E-state index in [1.165, 1.54) is 0 Å². The van der Waals surface area contributed by atoms with Crippen LogP contribution in [0.4, 0.5) is 5.69 Å². The number of allylic oxidation sites excluding steroid dienone is 3. The van der Waals surface area contributed by atoms with E-state index >= 15 is 0 Å². The Bertz CT molecular complexity index is 1220. The Morgan fingerprint density at radius 1 is 1.13 bits per heavy atom. The normalized spacial score (nSPS) is 33.9. The number of carbonyl (C=O) groups is 1. The highest BCUT2D eigenvalue weighted by Gasteiger charge is 2.38. The number of amides is 1. The van der Waals surface area contributed by atoms with Crippen LogP contribution in [0.2, 0.25) is 0 Å². The van der Waals surface area contributed by atoms with E-state index in [4.69, 9.17) is 16.3 Å². The van der Waals surface area contributed by atoms with Crippen LogP contribution in [0.5, 0.6) is 5.75 Å². The van der Waals surface area contributed by atoms with Crippen LogP contribution in [0, 0.1) is 23.2 Å². The predicted octanol–water partition coefficient (Wildman–Crippen LogP) is 5.00. The number of fused-ring (bicyclic) bond motifs is 3. The quantitative estimate of drug-likeness (QED) is 0.462.